The molecule has 0 bridgehead atoms. The summed E-state index contributed by atoms with van der Waals surface area (Å²) in [4.78, 5) is 12.8. The SMILES string of the molecule is Cc1cc(/C=C/C(=O)c2cc(C)c(OC(C)C3CCCCC3)c(C)c2)cc(C)c1O. The van der Waals surface area contributed by atoms with Crippen LogP contribution in [-0.4, -0.2) is 17.0 Å². The summed E-state index contributed by atoms with van der Waals surface area (Å²) >= 11 is 0. The van der Waals surface area contributed by atoms with Gasteiger partial charge < -0.3 is 9.84 Å². The van der Waals surface area contributed by atoms with Crippen LogP contribution in [0.5, 0.6) is 11.5 Å². The smallest absolute Gasteiger partial charge is 0.185 e. The van der Waals surface area contributed by atoms with Gasteiger partial charge in [0.15, 0.2) is 5.78 Å². The summed E-state index contributed by atoms with van der Waals surface area (Å²) in [7, 11) is 0. The van der Waals surface area contributed by atoms with Crippen molar-refractivity contribution in [3.63, 3.8) is 0 Å². The van der Waals surface area contributed by atoms with Crippen molar-refractivity contribution in [1.29, 1.82) is 0 Å². The second-order valence-electron chi connectivity index (χ2n) is 8.86. The topological polar surface area (TPSA) is 46.5 Å². The van der Waals surface area contributed by atoms with Gasteiger partial charge in [-0.1, -0.05) is 25.3 Å². The fourth-order valence-corrected chi connectivity index (χ4v) is 4.52. The normalized spacial score (nSPS) is 16.0. The molecule has 0 aromatic heterocycles. The number of ketones is 1. The van der Waals surface area contributed by atoms with Gasteiger partial charge >= 0.3 is 0 Å². The minimum Gasteiger partial charge on any atom is -0.507 e. The summed E-state index contributed by atoms with van der Waals surface area (Å²) in [6, 6.07) is 7.62. The number of hydrogen-bond donors (Lipinski definition) is 1. The lowest BCUT2D eigenvalue weighted by molar-refractivity contribution is 0.104. The van der Waals surface area contributed by atoms with Crippen LogP contribution in [-0.2, 0) is 0 Å². The molecule has 3 rings (SSSR count). The molecule has 1 fully saturated rings. The zero-order chi connectivity index (χ0) is 21.8. The van der Waals surface area contributed by atoms with Crippen LogP contribution < -0.4 is 4.74 Å². The highest BCUT2D eigenvalue weighted by Crippen LogP contribution is 2.32. The van der Waals surface area contributed by atoms with Gasteiger partial charge in [-0.2, -0.15) is 0 Å². The standard InChI is InChI=1S/C27H34O3/c1-17-13-22(14-18(2)26(17)29)11-12-25(28)24-15-19(3)27(20(4)16-24)30-21(5)23-9-7-6-8-10-23/h11-16,21,23,29H,6-10H2,1-5H3/b12-11+. The van der Waals surface area contributed by atoms with E-state index in [1.165, 1.54) is 32.1 Å². The van der Waals surface area contributed by atoms with Crippen molar-refractivity contribution >= 4 is 11.9 Å². The fraction of sp³-hybridized carbons (Fsp3) is 0.444. The van der Waals surface area contributed by atoms with Crippen LogP contribution in [0.15, 0.2) is 30.3 Å². The molecule has 3 heteroatoms. The zero-order valence-corrected chi connectivity index (χ0v) is 18.9. The predicted molar refractivity (Wildman–Crippen MR) is 124 cm³/mol. The van der Waals surface area contributed by atoms with Gasteiger partial charge in [0.2, 0.25) is 0 Å². The van der Waals surface area contributed by atoms with Gasteiger partial charge in [0.05, 0.1) is 6.10 Å². The Hall–Kier alpha value is -2.55. The molecule has 3 nitrogen and oxygen atoms in total. The number of aryl methyl sites for hydroxylation is 4. The molecule has 2 aromatic carbocycles. The molecule has 0 amide bonds. The number of benzene rings is 2. The minimum absolute atomic E-state index is 0.0311. The van der Waals surface area contributed by atoms with E-state index in [9.17, 15) is 9.90 Å². The van der Waals surface area contributed by atoms with Gasteiger partial charge in [0.1, 0.15) is 11.5 Å². The third-order valence-electron chi connectivity index (χ3n) is 6.30. The first-order valence-electron chi connectivity index (χ1n) is 11.1. The Morgan fingerprint density at radius 2 is 1.53 bits per heavy atom. The largest absolute Gasteiger partial charge is 0.507 e. The van der Waals surface area contributed by atoms with Crippen molar-refractivity contribution in [3.05, 3.63) is 63.7 Å². The van der Waals surface area contributed by atoms with Gasteiger partial charge in [-0.3, -0.25) is 4.79 Å². The van der Waals surface area contributed by atoms with Gasteiger partial charge in [0.25, 0.3) is 0 Å². The van der Waals surface area contributed by atoms with Crippen LogP contribution in [0, 0.1) is 33.6 Å². The third-order valence-corrected chi connectivity index (χ3v) is 6.30. The van der Waals surface area contributed by atoms with Crippen LogP contribution in [0.3, 0.4) is 0 Å². The Morgan fingerprint density at radius 3 is 2.10 bits per heavy atom. The molecule has 0 heterocycles. The highest BCUT2D eigenvalue weighted by atomic mass is 16.5. The van der Waals surface area contributed by atoms with Crippen LogP contribution >= 0.6 is 0 Å². The first-order valence-corrected chi connectivity index (χ1v) is 11.1. The Balaban J connectivity index is 1.74. The summed E-state index contributed by atoms with van der Waals surface area (Å²) in [6.45, 7) is 9.94. The number of rotatable bonds is 6. The molecule has 0 radical (unpaired) electrons. The van der Waals surface area contributed by atoms with E-state index < -0.39 is 0 Å². The Labute approximate surface area is 180 Å². The van der Waals surface area contributed by atoms with Gasteiger partial charge in [-0.25, -0.2) is 0 Å². The molecule has 1 N–H and O–H groups in total. The number of ether oxygens (including phenoxy) is 1. The molecule has 1 saturated carbocycles. The Kier molecular flexibility index (Phi) is 7.02. The van der Waals surface area contributed by atoms with E-state index in [2.05, 4.69) is 6.92 Å². The van der Waals surface area contributed by atoms with Crippen molar-refractivity contribution < 1.29 is 14.6 Å². The van der Waals surface area contributed by atoms with E-state index in [1.54, 1.807) is 6.08 Å². The van der Waals surface area contributed by atoms with Gasteiger partial charge in [0, 0.05) is 5.56 Å². The lowest BCUT2D eigenvalue weighted by Crippen LogP contribution is -2.26. The molecule has 0 spiro atoms. The van der Waals surface area contributed by atoms with E-state index in [0.29, 0.717) is 17.2 Å². The highest BCUT2D eigenvalue weighted by Gasteiger charge is 2.23. The maximum absolute atomic E-state index is 12.8. The fourth-order valence-electron chi connectivity index (χ4n) is 4.52. The Bertz CT molecular complexity index is 903. The summed E-state index contributed by atoms with van der Waals surface area (Å²) in [5, 5.41) is 9.92. The second-order valence-corrected chi connectivity index (χ2v) is 8.86. The lowest BCUT2D eigenvalue weighted by atomic mass is 9.86. The molecule has 0 aliphatic heterocycles. The second kappa shape index (κ2) is 9.51. The zero-order valence-electron chi connectivity index (χ0n) is 18.9. The van der Waals surface area contributed by atoms with E-state index in [1.807, 2.05) is 58.0 Å². The lowest BCUT2D eigenvalue weighted by Gasteiger charge is -2.29. The molecule has 0 saturated heterocycles. The number of phenols is 1. The van der Waals surface area contributed by atoms with E-state index in [0.717, 1.165) is 33.6 Å². The summed E-state index contributed by atoms with van der Waals surface area (Å²) in [5.41, 5.74) is 5.21. The van der Waals surface area contributed by atoms with Crippen LogP contribution in [0.1, 0.15) is 77.2 Å². The van der Waals surface area contributed by atoms with E-state index in [-0.39, 0.29) is 11.9 Å². The molecular formula is C27H34O3. The molecular weight excluding hydrogens is 372 g/mol. The molecule has 30 heavy (non-hydrogen) atoms. The number of carbonyl (C=O) groups is 1. The molecule has 160 valence electrons. The van der Waals surface area contributed by atoms with Crippen molar-refractivity contribution in [1.82, 2.24) is 0 Å². The van der Waals surface area contributed by atoms with Crippen LogP contribution in [0.4, 0.5) is 0 Å². The predicted octanol–water partition coefficient (Wildman–Crippen LogP) is 6.87. The molecule has 1 aliphatic carbocycles. The van der Waals surface area contributed by atoms with Crippen LogP contribution in [0.2, 0.25) is 0 Å². The maximum Gasteiger partial charge on any atom is 0.185 e. The summed E-state index contributed by atoms with van der Waals surface area (Å²) in [5.74, 6) is 1.82. The first-order chi connectivity index (χ1) is 14.3. The molecule has 1 atom stereocenters. The third kappa shape index (κ3) is 5.13. The average Bonchev–Trinajstić information content (AvgIpc) is 2.73. The number of carbonyl (C=O) groups excluding carboxylic acids is 1. The van der Waals surface area contributed by atoms with Crippen LogP contribution in [0.25, 0.3) is 6.08 Å². The molecule has 2 aromatic rings. The summed E-state index contributed by atoms with van der Waals surface area (Å²) < 4.78 is 6.36. The molecule has 1 aliphatic rings. The van der Waals surface area contributed by atoms with Crippen molar-refractivity contribution in [2.75, 3.05) is 0 Å². The number of phenolic OH excluding ortho intramolecular Hbond substituents is 1. The first kappa shape index (κ1) is 22.1. The van der Waals surface area contributed by atoms with Crippen molar-refractivity contribution in [3.8, 4) is 11.5 Å². The van der Waals surface area contributed by atoms with Gasteiger partial charge in [-0.15, -0.1) is 0 Å². The monoisotopic (exact) mass is 406 g/mol. The van der Waals surface area contributed by atoms with E-state index in [4.69, 9.17) is 4.74 Å². The maximum atomic E-state index is 12.8. The van der Waals surface area contributed by atoms with Crippen molar-refractivity contribution in [2.45, 2.75) is 72.8 Å². The number of allylic oxidation sites excluding steroid dienone is 1. The van der Waals surface area contributed by atoms with E-state index >= 15 is 0 Å². The van der Waals surface area contributed by atoms with Crippen molar-refractivity contribution in [2.24, 2.45) is 5.92 Å². The molecule has 1 unspecified atom stereocenters. The quantitative estimate of drug-likeness (QED) is 0.420. The number of aromatic hydroxyl groups is 1. The number of hydrogen-bond acceptors (Lipinski definition) is 3. The highest BCUT2D eigenvalue weighted by molar-refractivity contribution is 6.07. The minimum atomic E-state index is -0.0311. The summed E-state index contributed by atoms with van der Waals surface area (Å²) in [6.07, 6.45) is 10.0. The van der Waals surface area contributed by atoms with Gasteiger partial charge in [-0.05, 0) is 112 Å². The average molecular weight is 407 g/mol. The Morgan fingerprint density at radius 1 is 0.967 bits per heavy atom.